The fourth-order valence-electron chi connectivity index (χ4n) is 1.67. The first-order valence-electron chi connectivity index (χ1n) is 5.18. The minimum atomic E-state index is -1.24. The lowest BCUT2D eigenvalue weighted by Crippen LogP contribution is -1.92. The van der Waals surface area contributed by atoms with Crippen molar-refractivity contribution in [2.75, 3.05) is 6.26 Å². The van der Waals surface area contributed by atoms with Crippen LogP contribution in [0.5, 0.6) is 0 Å². The lowest BCUT2D eigenvalue weighted by molar-refractivity contribution is 0.687. The van der Waals surface area contributed by atoms with Crippen molar-refractivity contribution in [1.29, 1.82) is 0 Å². The molecule has 0 amide bonds. The van der Waals surface area contributed by atoms with Crippen LogP contribution in [0.1, 0.15) is 0 Å². The van der Waals surface area contributed by atoms with E-state index in [1.807, 2.05) is 0 Å². The van der Waals surface area contributed by atoms with Gasteiger partial charge >= 0.3 is 0 Å². The Kier molecular flexibility index (Phi) is 4.80. The Hall–Kier alpha value is -0.250. The molecule has 2 aromatic rings. The van der Waals surface area contributed by atoms with Crippen LogP contribution in [0.25, 0.3) is 11.1 Å². The molecule has 1 nitrogen and oxygen atoms in total. The summed E-state index contributed by atoms with van der Waals surface area (Å²) in [4.78, 5) is 0.472. The minimum absolute atomic E-state index is 0.370. The second-order valence-corrected chi connectivity index (χ2v) is 6.85. The smallest absolute Gasteiger partial charge is 0.0647 e. The van der Waals surface area contributed by atoms with E-state index < -0.39 is 10.8 Å². The molecule has 100 valence electrons. The number of rotatable bonds is 2. The van der Waals surface area contributed by atoms with Crippen molar-refractivity contribution in [2.24, 2.45) is 0 Å². The first-order chi connectivity index (χ1) is 8.90. The van der Waals surface area contributed by atoms with Crippen molar-refractivity contribution in [3.05, 3.63) is 50.4 Å². The standard InChI is InChI=1S/C13H8Cl4OS/c1-19(18)12-6-8(15)5-10(13(12)17)9-4-7(14)2-3-11(9)16/h2-6H,1H3. The third-order valence-corrected chi connectivity index (χ3v) is 4.78. The molecule has 6 heteroatoms. The van der Waals surface area contributed by atoms with E-state index in [1.165, 1.54) is 0 Å². The van der Waals surface area contributed by atoms with Gasteiger partial charge in [-0.05, 0) is 30.3 Å². The highest BCUT2D eigenvalue weighted by Crippen LogP contribution is 2.39. The highest BCUT2D eigenvalue weighted by Gasteiger charge is 2.15. The van der Waals surface area contributed by atoms with Gasteiger partial charge in [0, 0.05) is 32.5 Å². The SMILES string of the molecule is CS(=O)c1cc(Cl)cc(-c2cc(Cl)ccc2Cl)c1Cl. The maximum absolute atomic E-state index is 11.7. The molecule has 0 saturated heterocycles. The van der Waals surface area contributed by atoms with Crippen molar-refractivity contribution < 1.29 is 4.21 Å². The highest BCUT2D eigenvalue weighted by atomic mass is 35.5. The fourth-order valence-corrected chi connectivity index (χ4v) is 3.54. The second kappa shape index (κ2) is 6.02. The van der Waals surface area contributed by atoms with Crippen LogP contribution in [0, 0.1) is 0 Å². The number of halogens is 4. The molecule has 0 aliphatic carbocycles. The van der Waals surface area contributed by atoms with E-state index >= 15 is 0 Å². The van der Waals surface area contributed by atoms with Gasteiger partial charge < -0.3 is 0 Å². The van der Waals surface area contributed by atoms with Crippen LogP contribution < -0.4 is 0 Å². The van der Waals surface area contributed by atoms with Crippen LogP contribution in [-0.4, -0.2) is 10.5 Å². The van der Waals surface area contributed by atoms with E-state index in [1.54, 1.807) is 36.6 Å². The molecule has 0 aromatic heterocycles. The Morgan fingerprint density at radius 3 is 2.16 bits per heavy atom. The molecule has 0 fully saturated rings. The van der Waals surface area contributed by atoms with Crippen molar-refractivity contribution in [2.45, 2.75) is 4.90 Å². The Morgan fingerprint density at radius 1 is 0.895 bits per heavy atom. The zero-order valence-electron chi connectivity index (χ0n) is 9.72. The molecule has 0 spiro atoms. The van der Waals surface area contributed by atoms with E-state index in [0.29, 0.717) is 36.1 Å². The predicted molar refractivity (Wildman–Crippen MR) is 84.3 cm³/mol. The van der Waals surface area contributed by atoms with Crippen LogP contribution in [0.4, 0.5) is 0 Å². The van der Waals surface area contributed by atoms with Crippen LogP contribution in [0.3, 0.4) is 0 Å². The number of benzene rings is 2. The van der Waals surface area contributed by atoms with Gasteiger partial charge in [-0.3, -0.25) is 4.21 Å². The quantitative estimate of drug-likeness (QED) is 0.676. The first-order valence-corrected chi connectivity index (χ1v) is 8.25. The topological polar surface area (TPSA) is 17.1 Å². The van der Waals surface area contributed by atoms with Crippen molar-refractivity contribution in [1.82, 2.24) is 0 Å². The minimum Gasteiger partial charge on any atom is -0.255 e. The van der Waals surface area contributed by atoms with Gasteiger partial charge in [0.25, 0.3) is 0 Å². The molecule has 0 bridgehead atoms. The van der Waals surface area contributed by atoms with Gasteiger partial charge in [-0.15, -0.1) is 0 Å². The van der Waals surface area contributed by atoms with Crippen LogP contribution in [0.15, 0.2) is 35.2 Å². The largest absolute Gasteiger partial charge is 0.255 e. The Balaban J connectivity index is 2.75. The van der Waals surface area contributed by atoms with Crippen molar-refractivity contribution >= 4 is 57.2 Å². The molecule has 19 heavy (non-hydrogen) atoms. The summed E-state index contributed by atoms with van der Waals surface area (Å²) in [6.07, 6.45) is 1.54. The molecule has 2 rings (SSSR count). The molecule has 0 aliphatic rings. The summed E-state index contributed by atoms with van der Waals surface area (Å²) in [5, 5.41) is 1.85. The summed E-state index contributed by atoms with van der Waals surface area (Å²) < 4.78 is 11.7. The van der Waals surface area contributed by atoms with E-state index in [9.17, 15) is 4.21 Å². The molecule has 0 N–H and O–H groups in total. The van der Waals surface area contributed by atoms with Crippen LogP contribution >= 0.6 is 46.4 Å². The molecule has 0 saturated carbocycles. The second-order valence-electron chi connectivity index (χ2n) is 3.84. The van der Waals surface area contributed by atoms with Crippen molar-refractivity contribution in [3.8, 4) is 11.1 Å². The summed E-state index contributed by atoms with van der Waals surface area (Å²) in [6, 6.07) is 8.33. The normalized spacial score (nSPS) is 12.5. The highest BCUT2D eigenvalue weighted by molar-refractivity contribution is 7.84. The summed E-state index contributed by atoms with van der Waals surface area (Å²) in [7, 11) is -1.24. The molecule has 0 heterocycles. The molecular weight excluding hydrogens is 346 g/mol. The van der Waals surface area contributed by atoms with Crippen LogP contribution in [-0.2, 0) is 10.8 Å². The van der Waals surface area contributed by atoms with Gasteiger partial charge in [-0.2, -0.15) is 0 Å². The summed E-state index contributed by atoms with van der Waals surface area (Å²) in [5.74, 6) is 0. The molecule has 1 atom stereocenters. The summed E-state index contributed by atoms with van der Waals surface area (Å²) >= 11 is 24.4. The summed E-state index contributed by atoms with van der Waals surface area (Å²) in [6.45, 7) is 0. The average Bonchev–Trinajstić information content (AvgIpc) is 2.34. The summed E-state index contributed by atoms with van der Waals surface area (Å²) in [5.41, 5.74) is 1.28. The number of hydrogen-bond donors (Lipinski definition) is 0. The number of hydrogen-bond acceptors (Lipinski definition) is 1. The first kappa shape index (κ1) is 15.1. The van der Waals surface area contributed by atoms with Gasteiger partial charge in [0.05, 0.1) is 20.7 Å². The van der Waals surface area contributed by atoms with Gasteiger partial charge in [0.15, 0.2) is 0 Å². The van der Waals surface area contributed by atoms with Gasteiger partial charge in [0.1, 0.15) is 0 Å². The average molecular weight is 354 g/mol. The fraction of sp³-hybridized carbons (Fsp3) is 0.0769. The zero-order chi connectivity index (χ0) is 14.2. The molecule has 0 radical (unpaired) electrons. The van der Waals surface area contributed by atoms with Gasteiger partial charge in [0.2, 0.25) is 0 Å². The van der Waals surface area contributed by atoms with E-state index in [-0.39, 0.29) is 0 Å². The van der Waals surface area contributed by atoms with E-state index in [2.05, 4.69) is 0 Å². The third kappa shape index (κ3) is 3.26. The molecular formula is C13H8Cl4OS. The lowest BCUT2D eigenvalue weighted by Gasteiger charge is -2.11. The van der Waals surface area contributed by atoms with Crippen LogP contribution in [0.2, 0.25) is 20.1 Å². The Bertz CT molecular complexity index is 670. The monoisotopic (exact) mass is 352 g/mol. The lowest BCUT2D eigenvalue weighted by atomic mass is 10.1. The predicted octanol–water partition coefficient (Wildman–Crippen LogP) is 5.70. The third-order valence-electron chi connectivity index (χ3n) is 2.53. The molecule has 0 aliphatic heterocycles. The van der Waals surface area contributed by atoms with Gasteiger partial charge in [-0.25, -0.2) is 0 Å². The molecule has 1 unspecified atom stereocenters. The van der Waals surface area contributed by atoms with Gasteiger partial charge in [-0.1, -0.05) is 46.4 Å². The zero-order valence-corrected chi connectivity index (χ0v) is 13.6. The van der Waals surface area contributed by atoms with E-state index in [0.717, 1.165) is 0 Å². The van der Waals surface area contributed by atoms with E-state index in [4.69, 9.17) is 46.4 Å². The Labute approximate surface area is 133 Å². The maximum Gasteiger partial charge on any atom is 0.0647 e. The van der Waals surface area contributed by atoms with Crippen molar-refractivity contribution in [3.63, 3.8) is 0 Å². The molecule has 2 aromatic carbocycles. The Morgan fingerprint density at radius 2 is 1.53 bits per heavy atom. The maximum atomic E-state index is 11.7.